The van der Waals surface area contributed by atoms with Gasteiger partial charge in [0.05, 0.1) is 0 Å². The van der Waals surface area contributed by atoms with Crippen molar-refractivity contribution in [1.29, 1.82) is 0 Å². The smallest absolute Gasteiger partial charge is 0.125 e. The van der Waals surface area contributed by atoms with E-state index in [0.717, 1.165) is 25.0 Å². The van der Waals surface area contributed by atoms with Gasteiger partial charge in [0.2, 0.25) is 0 Å². The van der Waals surface area contributed by atoms with Crippen molar-refractivity contribution in [2.24, 2.45) is 5.73 Å². The highest BCUT2D eigenvalue weighted by Gasteiger charge is 2.24. The van der Waals surface area contributed by atoms with Crippen LogP contribution in [0.3, 0.4) is 0 Å². The second kappa shape index (κ2) is 4.46. The van der Waals surface area contributed by atoms with E-state index < -0.39 is 0 Å². The van der Waals surface area contributed by atoms with Gasteiger partial charge in [-0.2, -0.15) is 0 Å². The Morgan fingerprint density at radius 1 is 1.12 bits per heavy atom. The molecule has 1 saturated carbocycles. The van der Waals surface area contributed by atoms with E-state index >= 15 is 0 Å². The van der Waals surface area contributed by atoms with Crippen molar-refractivity contribution in [1.82, 2.24) is 0 Å². The molecule has 0 spiro atoms. The van der Waals surface area contributed by atoms with Gasteiger partial charge in [-0.1, -0.05) is 17.7 Å². The average molecular weight is 219 g/mol. The summed E-state index contributed by atoms with van der Waals surface area (Å²) in [6.07, 6.45) is 3.49. The monoisotopic (exact) mass is 219 g/mol. The van der Waals surface area contributed by atoms with Gasteiger partial charge in [0.1, 0.15) is 11.9 Å². The van der Waals surface area contributed by atoms with Crippen LogP contribution in [-0.2, 0) is 0 Å². The van der Waals surface area contributed by atoms with E-state index in [0.29, 0.717) is 12.1 Å². The van der Waals surface area contributed by atoms with E-state index in [2.05, 4.69) is 32.9 Å². The molecule has 2 nitrogen and oxygen atoms in total. The summed E-state index contributed by atoms with van der Waals surface area (Å²) < 4.78 is 6.08. The lowest BCUT2D eigenvalue weighted by molar-refractivity contribution is 0.205. The lowest BCUT2D eigenvalue weighted by Crippen LogP contribution is -2.19. The Bertz CT molecular complexity index is 363. The van der Waals surface area contributed by atoms with Crippen LogP contribution in [0.2, 0.25) is 0 Å². The molecule has 88 valence electrons. The summed E-state index contributed by atoms with van der Waals surface area (Å²) in [7, 11) is 0. The minimum absolute atomic E-state index is 0.315. The molecule has 1 aromatic carbocycles. The van der Waals surface area contributed by atoms with Crippen LogP contribution in [0.25, 0.3) is 0 Å². The summed E-state index contributed by atoms with van der Waals surface area (Å²) in [5, 5.41) is 0. The van der Waals surface area contributed by atoms with Gasteiger partial charge >= 0.3 is 0 Å². The van der Waals surface area contributed by atoms with Gasteiger partial charge in [-0.15, -0.1) is 0 Å². The lowest BCUT2D eigenvalue weighted by atomic mass is 10.1. The van der Waals surface area contributed by atoms with Gasteiger partial charge in [-0.25, -0.2) is 0 Å². The maximum Gasteiger partial charge on any atom is 0.125 e. The molecule has 0 heterocycles. The Balaban J connectivity index is 2.15. The van der Waals surface area contributed by atoms with E-state index in [4.69, 9.17) is 10.5 Å². The molecule has 2 N–H and O–H groups in total. The highest BCUT2D eigenvalue weighted by Crippen LogP contribution is 2.29. The molecule has 1 aliphatic rings. The van der Waals surface area contributed by atoms with Crippen LogP contribution < -0.4 is 10.5 Å². The first-order valence-corrected chi connectivity index (χ1v) is 6.06. The maximum atomic E-state index is 6.08. The normalized spacial score (nSPS) is 24.8. The van der Waals surface area contributed by atoms with Gasteiger partial charge in [0, 0.05) is 6.04 Å². The number of hydrogen-bond donors (Lipinski definition) is 1. The molecule has 0 aliphatic heterocycles. The van der Waals surface area contributed by atoms with Crippen LogP contribution in [0, 0.1) is 20.8 Å². The number of benzene rings is 1. The summed E-state index contributed by atoms with van der Waals surface area (Å²) >= 11 is 0. The number of aryl methyl sites for hydroxylation is 3. The van der Waals surface area contributed by atoms with E-state index in [1.54, 1.807) is 0 Å². The summed E-state index contributed by atoms with van der Waals surface area (Å²) in [5.41, 5.74) is 9.66. The summed E-state index contributed by atoms with van der Waals surface area (Å²) in [6.45, 7) is 6.35. The summed E-state index contributed by atoms with van der Waals surface area (Å²) in [6, 6.07) is 4.69. The molecule has 2 atom stereocenters. The van der Waals surface area contributed by atoms with Crippen molar-refractivity contribution in [2.45, 2.75) is 52.2 Å². The Morgan fingerprint density at radius 3 is 2.25 bits per heavy atom. The van der Waals surface area contributed by atoms with Crippen LogP contribution in [0.4, 0.5) is 0 Å². The fraction of sp³-hybridized carbons (Fsp3) is 0.571. The molecule has 2 heteroatoms. The zero-order chi connectivity index (χ0) is 11.7. The SMILES string of the molecule is Cc1cc(C)c(OC2CCC(N)C2)c(C)c1. The zero-order valence-corrected chi connectivity index (χ0v) is 10.4. The van der Waals surface area contributed by atoms with Gasteiger partial charge < -0.3 is 10.5 Å². The van der Waals surface area contributed by atoms with E-state index in [1.165, 1.54) is 16.7 Å². The molecular weight excluding hydrogens is 198 g/mol. The van der Waals surface area contributed by atoms with Crippen molar-refractivity contribution in [2.75, 3.05) is 0 Å². The lowest BCUT2D eigenvalue weighted by Gasteiger charge is -2.18. The number of hydrogen-bond acceptors (Lipinski definition) is 2. The quantitative estimate of drug-likeness (QED) is 0.830. The Hall–Kier alpha value is -1.02. The van der Waals surface area contributed by atoms with Crippen molar-refractivity contribution in [3.05, 3.63) is 28.8 Å². The molecule has 16 heavy (non-hydrogen) atoms. The van der Waals surface area contributed by atoms with Crippen LogP contribution in [0.5, 0.6) is 5.75 Å². The van der Waals surface area contributed by atoms with Crippen molar-refractivity contribution < 1.29 is 4.74 Å². The molecular formula is C14H21NO. The van der Waals surface area contributed by atoms with Crippen LogP contribution in [0.15, 0.2) is 12.1 Å². The molecule has 0 radical (unpaired) electrons. The minimum atomic E-state index is 0.315. The fourth-order valence-corrected chi connectivity index (χ4v) is 2.60. The predicted octanol–water partition coefficient (Wildman–Crippen LogP) is 2.87. The zero-order valence-electron chi connectivity index (χ0n) is 10.4. The molecule has 2 rings (SSSR count). The second-order valence-corrected chi connectivity index (χ2v) is 5.04. The van der Waals surface area contributed by atoms with Crippen LogP contribution in [-0.4, -0.2) is 12.1 Å². The largest absolute Gasteiger partial charge is 0.490 e. The topological polar surface area (TPSA) is 35.2 Å². The van der Waals surface area contributed by atoms with E-state index in [1.807, 2.05) is 0 Å². The number of nitrogens with two attached hydrogens (primary N) is 1. The second-order valence-electron chi connectivity index (χ2n) is 5.04. The average Bonchev–Trinajstić information content (AvgIpc) is 2.58. The van der Waals surface area contributed by atoms with E-state index in [9.17, 15) is 0 Å². The highest BCUT2D eigenvalue weighted by molar-refractivity contribution is 5.43. The van der Waals surface area contributed by atoms with E-state index in [-0.39, 0.29) is 0 Å². The third-order valence-electron chi connectivity index (χ3n) is 3.31. The molecule has 0 amide bonds. The Labute approximate surface area is 97.8 Å². The Morgan fingerprint density at radius 2 is 1.75 bits per heavy atom. The first kappa shape index (κ1) is 11.5. The van der Waals surface area contributed by atoms with Crippen LogP contribution >= 0.6 is 0 Å². The molecule has 0 aromatic heterocycles. The van der Waals surface area contributed by atoms with Gasteiger partial charge in [0.25, 0.3) is 0 Å². The third-order valence-corrected chi connectivity index (χ3v) is 3.31. The van der Waals surface area contributed by atoms with Crippen molar-refractivity contribution in [3.8, 4) is 5.75 Å². The molecule has 0 saturated heterocycles. The molecule has 1 aliphatic carbocycles. The first-order valence-electron chi connectivity index (χ1n) is 6.06. The van der Waals surface area contributed by atoms with Crippen LogP contribution in [0.1, 0.15) is 36.0 Å². The molecule has 2 unspecified atom stereocenters. The van der Waals surface area contributed by atoms with Crippen molar-refractivity contribution >= 4 is 0 Å². The van der Waals surface area contributed by atoms with Gasteiger partial charge in [-0.05, 0) is 51.2 Å². The third kappa shape index (κ3) is 2.38. The molecule has 1 fully saturated rings. The molecule has 1 aromatic rings. The first-order chi connectivity index (χ1) is 7.56. The summed E-state index contributed by atoms with van der Waals surface area (Å²) in [5.74, 6) is 1.06. The molecule has 0 bridgehead atoms. The number of rotatable bonds is 2. The van der Waals surface area contributed by atoms with Gasteiger partial charge in [0.15, 0.2) is 0 Å². The highest BCUT2D eigenvalue weighted by atomic mass is 16.5. The fourth-order valence-electron chi connectivity index (χ4n) is 2.60. The minimum Gasteiger partial charge on any atom is -0.490 e. The summed E-state index contributed by atoms with van der Waals surface area (Å²) in [4.78, 5) is 0. The van der Waals surface area contributed by atoms with Gasteiger partial charge in [-0.3, -0.25) is 0 Å². The maximum absolute atomic E-state index is 6.08. The van der Waals surface area contributed by atoms with Crippen molar-refractivity contribution in [3.63, 3.8) is 0 Å². The Kier molecular flexibility index (Phi) is 3.20. The number of ether oxygens (including phenoxy) is 1. The predicted molar refractivity (Wildman–Crippen MR) is 66.9 cm³/mol. The standard InChI is InChI=1S/C14H21NO/c1-9-6-10(2)14(11(3)7-9)16-13-5-4-12(15)8-13/h6-7,12-13H,4-5,8,15H2,1-3H3.